The summed E-state index contributed by atoms with van der Waals surface area (Å²) in [5.74, 6) is -2.91. The van der Waals surface area contributed by atoms with Crippen molar-refractivity contribution in [3.05, 3.63) is 23.5 Å². The van der Waals surface area contributed by atoms with Gasteiger partial charge >= 0.3 is 0 Å². The second kappa shape index (κ2) is 3.43. The van der Waals surface area contributed by atoms with E-state index >= 15 is 0 Å². The highest BCUT2D eigenvalue weighted by Gasteiger charge is 2.15. The van der Waals surface area contributed by atoms with E-state index in [-0.39, 0.29) is 12.0 Å². The third kappa shape index (κ3) is 1.61. The average Bonchev–Trinajstić information content (AvgIpc) is 2.13. The van der Waals surface area contributed by atoms with Crippen molar-refractivity contribution in [2.24, 2.45) is 0 Å². The number of hydrogen-bond donors (Lipinski definition) is 2. The number of benzene rings is 1. The molecule has 0 aromatic heterocycles. The van der Waals surface area contributed by atoms with Crippen molar-refractivity contribution in [3.8, 4) is 11.5 Å². The number of halogens is 1. The monoisotopic (exact) mass is 184 g/mol. The van der Waals surface area contributed by atoms with E-state index in [1.807, 2.05) is 0 Å². The quantitative estimate of drug-likeness (QED) is 0.544. The lowest BCUT2D eigenvalue weighted by molar-refractivity contribution is 0.0983. The van der Waals surface area contributed by atoms with Gasteiger partial charge in [0.1, 0.15) is 0 Å². The second-order valence-electron chi connectivity index (χ2n) is 2.57. The van der Waals surface area contributed by atoms with Crippen LogP contribution in [0.1, 0.15) is 23.7 Å². The summed E-state index contributed by atoms with van der Waals surface area (Å²) in [7, 11) is 0. The molecular formula is C9H9FO3. The van der Waals surface area contributed by atoms with Crippen LogP contribution in [0.4, 0.5) is 4.39 Å². The lowest BCUT2D eigenvalue weighted by atomic mass is 10.1. The Bertz CT molecular complexity index is 347. The lowest BCUT2D eigenvalue weighted by Crippen LogP contribution is -2.00. The molecule has 1 aromatic carbocycles. The van der Waals surface area contributed by atoms with Crippen LogP contribution in [0.5, 0.6) is 11.5 Å². The first-order valence-corrected chi connectivity index (χ1v) is 3.81. The van der Waals surface area contributed by atoms with E-state index in [9.17, 15) is 9.18 Å². The van der Waals surface area contributed by atoms with Crippen LogP contribution in [0.15, 0.2) is 12.1 Å². The summed E-state index contributed by atoms with van der Waals surface area (Å²) >= 11 is 0. The van der Waals surface area contributed by atoms with Crippen LogP contribution in [-0.4, -0.2) is 16.0 Å². The summed E-state index contributed by atoms with van der Waals surface area (Å²) in [4.78, 5) is 11.1. The molecule has 0 atom stereocenters. The summed E-state index contributed by atoms with van der Waals surface area (Å²) in [6.07, 6.45) is 0.154. The van der Waals surface area contributed by atoms with Crippen LogP contribution < -0.4 is 0 Å². The molecule has 1 rings (SSSR count). The first kappa shape index (κ1) is 9.51. The lowest BCUT2D eigenvalue weighted by Gasteiger charge is -2.03. The molecule has 0 spiro atoms. The minimum absolute atomic E-state index is 0.154. The van der Waals surface area contributed by atoms with Gasteiger partial charge in [0, 0.05) is 6.42 Å². The Morgan fingerprint density at radius 1 is 1.46 bits per heavy atom. The number of hydrogen-bond acceptors (Lipinski definition) is 3. The van der Waals surface area contributed by atoms with Gasteiger partial charge in [-0.2, -0.15) is 0 Å². The highest BCUT2D eigenvalue weighted by atomic mass is 19.1. The number of aromatic hydroxyl groups is 2. The average molecular weight is 184 g/mol. The molecule has 0 aliphatic rings. The van der Waals surface area contributed by atoms with Gasteiger partial charge in [0.2, 0.25) is 0 Å². The first-order valence-electron chi connectivity index (χ1n) is 3.81. The Morgan fingerprint density at radius 2 is 2.08 bits per heavy atom. The maximum atomic E-state index is 13.1. The fraction of sp³-hybridized carbons (Fsp3) is 0.222. The van der Waals surface area contributed by atoms with Gasteiger partial charge in [-0.25, -0.2) is 4.39 Å². The predicted molar refractivity (Wildman–Crippen MR) is 44.4 cm³/mol. The molecular weight excluding hydrogens is 175 g/mol. The molecule has 0 aliphatic carbocycles. The fourth-order valence-corrected chi connectivity index (χ4v) is 0.960. The largest absolute Gasteiger partial charge is 0.504 e. The van der Waals surface area contributed by atoms with Crippen LogP contribution in [0, 0.1) is 5.82 Å². The van der Waals surface area contributed by atoms with Gasteiger partial charge < -0.3 is 10.2 Å². The van der Waals surface area contributed by atoms with Gasteiger partial charge in [-0.3, -0.25) is 4.79 Å². The number of carbonyl (C=O) groups excluding carboxylic acids is 1. The van der Waals surface area contributed by atoms with Crippen molar-refractivity contribution in [1.29, 1.82) is 0 Å². The van der Waals surface area contributed by atoms with Crippen molar-refractivity contribution in [2.45, 2.75) is 13.3 Å². The third-order valence-corrected chi connectivity index (χ3v) is 1.72. The van der Waals surface area contributed by atoms with E-state index in [0.29, 0.717) is 0 Å². The SMILES string of the molecule is CCC(=O)c1ccc(O)c(O)c1F. The molecule has 1 aromatic rings. The smallest absolute Gasteiger partial charge is 0.194 e. The van der Waals surface area contributed by atoms with E-state index in [2.05, 4.69) is 0 Å². The second-order valence-corrected chi connectivity index (χ2v) is 2.57. The molecule has 0 fully saturated rings. The van der Waals surface area contributed by atoms with Crippen molar-refractivity contribution in [2.75, 3.05) is 0 Å². The van der Waals surface area contributed by atoms with Crippen molar-refractivity contribution in [1.82, 2.24) is 0 Å². The number of Topliss-reactive ketones (excluding diaryl/α,β-unsaturated/α-hetero) is 1. The van der Waals surface area contributed by atoms with Crippen LogP contribution >= 0.6 is 0 Å². The predicted octanol–water partition coefficient (Wildman–Crippen LogP) is 1.83. The Hall–Kier alpha value is -1.58. The van der Waals surface area contributed by atoms with Gasteiger partial charge in [0.25, 0.3) is 0 Å². The van der Waals surface area contributed by atoms with E-state index in [1.54, 1.807) is 6.92 Å². The van der Waals surface area contributed by atoms with Gasteiger partial charge in [-0.1, -0.05) is 6.92 Å². The van der Waals surface area contributed by atoms with E-state index in [0.717, 1.165) is 12.1 Å². The maximum absolute atomic E-state index is 13.1. The molecule has 0 saturated carbocycles. The molecule has 70 valence electrons. The Labute approximate surface area is 74.4 Å². The number of ketones is 1. The zero-order valence-electron chi connectivity index (χ0n) is 7.04. The number of phenols is 2. The summed E-state index contributed by atoms with van der Waals surface area (Å²) in [5, 5.41) is 17.8. The number of carbonyl (C=O) groups is 1. The molecule has 2 N–H and O–H groups in total. The van der Waals surface area contributed by atoms with Crippen LogP contribution in [0.3, 0.4) is 0 Å². The summed E-state index contributed by atoms with van der Waals surface area (Å²) < 4.78 is 13.1. The molecule has 0 unspecified atom stereocenters. The van der Waals surface area contributed by atoms with Crippen molar-refractivity contribution >= 4 is 5.78 Å². The summed E-state index contributed by atoms with van der Waals surface area (Å²) in [5.41, 5.74) is -0.196. The van der Waals surface area contributed by atoms with Gasteiger partial charge in [-0.05, 0) is 12.1 Å². The Balaban J connectivity index is 3.26. The van der Waals surface area contributed by atoms with Crippen LogP contribution in [0.25, 0.3) is 0 Å². The normalized spacial score (nSPS) is 10.0. The van der Waals surface area contributed by atoms with Gasteiger partial charge in [0.05, 0.1) is 5.56 Å². The molecule has 0 heterocycles. The molecule has 0 bridgehead atoms. The molecule has 0 aliphatic heterocycles. The first-order chi connectivity index (χ1) is 6.07. The minimum atomic E-state index is -1.06. The van der Waals surface area contributed by atoms with Crippen LogP contribution in [-0.2, 0) is 0 Å². The Morgan fingerprint density at radius 3 is 2.62 bits per heavy atom. The van der Waals surface area contributed by atoms with Crippen molar-refractivity contribution < 1.29 is 19.4 Å². The third-order valence-electron chi connectivity index (χ3n) is 1.72. The molecule has 4 heteroatoms. The highest BCUT2D eigenvalue weighted by molar-refractivity contribution is 5.96. The summed E-state index contributed by atoms with van der Waals surface area (Å²) in [6, 6.07) is 2.23. The molecule has 0 radical (unpaired) electrons. The van der Waals surface area contributed by atoms with Gasteiger partial charge in [-0.15, -0.1) is 0 Å². The molecule has 0 amide bonds. The van der Waals surface area contributed by atoms with Gasteiger partial charge in [0.15, 0.2) is 23.1 Å². The zero-order chi connectivity index (χ0) is 10.0. The Kier molecular flexibility index (Phi) is 2.51. The van der Waals surface area contributed by atoms with E-state index in [4.69, 9.17) is 10.2 Å². The topological polar surface area (TPSA) is 57.5 Å². The summed E-state index contributed by atoms with van der Waals surface area (Å²) in [6.45, 7) is 1.59. The maximum Gasteiger partial charge on any atom is 0.194 e. The fourth-order valence-electron chi connectivity index (χ4n) is 0.960. The van der Waals surface area contributed by atoms with Crippen LogP contribution in [0.2, 0.25) is 0 Å². The number of phenolic OH excluding ortho intramolecular Hbond substituents is 2. The molecule has 13 heavy (non-hydrogen) atoms. The van der Waals surface area contributed by atoms with E-state index < -0.39 is 23.1 Å². The standard InChI is InChI=1S/C9H9FO3/c1-2-6(11)5-3-4-7(12)9(13)8(5)10/h3-4,12-13H,2H2,1H3. The van der Waals surface area contributed by atoms with E-state index in [1.165, 1.54) is 0 Å². The number of rotatable bonds is 2. The zero-order valence-corrected chi connectivity index (χ0v) is 7.04. The molecule has 3 nitrogen and oxygen atoms in total. The van der Waals surface area contributed by atoms with Crippen molar-refractivity contribution in [3.63, 3.8) is 0 Å². The highest BCUT2D eigenvalue weighted by Crippen LogP contribution is 2.30. The minimum Gasteiger partial charge on any atom is -0.504 e. The molecule has 0 saturated heterocycles.